The first-order chi connectivity index (χ1) is 8.44. The largest absolute Gasteiger partial charge is 0.296 e. The van der Waals surface area contributed by atoms with Crippen LogP contribution in [0, 0.1) is 10.1 Å². The fraction of sp³-hybridized carbons (Fsp3) is 0.250. The van der Waals surface area contributed by atoms with Gasteiger partial charge in [-0.05, 0) is 12.1 Å². The topological polar surface area (TPSA) is 115 Å². The van der Waals surface area contributed by atoms with Crippen LogP contribution in [0.15, 0.2) is 18.2 Å². The highest BCUT2D eigenvalue weighted by Crippen LogP contribution is 2.33. The van der Waals surface area contributed by atoms with Crippen LogP contribution in [0.25, 0.3) is 0 Å². The Morgan fingerprint density at radius 2 is 1.63 bits per heavy atom. The summed E-state index contributed by atoms with van der Waals surface area (Å²) in [6, 6.07) is 3.00. The predicted octanol–water partition coefficient (Wildman–Crippen LogP) is 0.974. The van der Waals surface area contributed by atoms with E-state index < -0.39 is 36.3 Å². The van der Waals surface area contributed by atoms with Crippen molar-refractivity contribution in [2.75, 3.05) is 16.2 Å². The van der Waals surface area contributed by atoms with Gasteiger partial charge in [-0.2, -0.15) is 3.71 Å². The summed E-state index contributed by atoms with van der Waals surface area (Å²) in [6.07, 6.45) is 1.26. The zero-order valence-corrected chi connectivity index (χ0v) is 12.2. The third kappa shape index (κ3) is 3.55. The molecule has 1 aromatic carbocycles. The van der Waals surface area contributed by atoms with Gasteiger partial charge in [0.15, 0.2) is 0 Å². The van der Waals surface area contributed by atoms with E-state index in [-0.39, 0.29) is 8.73 Å². The third-order valence-electron chi connectivity index (χ3n) is 1.93. The van der Waals surface area contributed by atoms with Crippen molar-refractivity contribution in [3.63, 3.8) is 0 Å². The van der Waals surface area contributed by atoms with Crippen LogP contribution in [0.5, 0.6) is 0 Å². The number of hydrogen-bond donors (Lipinski definition) is 0. The second kappa shape index (κ2) is 4.94. The maximum atomic E-state index is 11.5. The first-order valence-corrected chi connectivity index (χ1v) is 8.66. The molecule has 0 heterocycles. The summed E-state index contributed by atoms with van der Waals surface area (Å²) in [6.45, 7) is 0. The van der Waals surface area contributed by atoms with Crippen molar-refractivity contribution in [3.05, 3.63) is 33.3 Å². The van der Waals surface area contributed by atoms with Crippen molar-refractivity contribution < 1.29 is 21.8 Å². The summed E-state index contributed by atoms with van der Waals surface area (Å²) < 4.78 is 46.1. The monoisotopic (exact) mass is 328 g/mol. The smallest absolute Gasteiger partial charge is 0.258 e. The van der Waals surface area contributed by atoms with Crippen LogP contribution in [0.3, 0.4) is 0 Å². The van der Waals surface area contributed by atoms with Crippen LogP contribution in [0.4, 0.5) is 11.4 Å². The molecule has 0 aliphatic heterocycles. The molecule has 0 bridgehead atoms. The van der Waals surface area contributed by atoms with Gasteiger partial charge in [0.1, 0.15) is 5.69 Å². The number of nitro groups is 1. The summed E-state index contributed by atoms with van der Waals surface area (Å²) in [5, 5.41) is 10.8. The molecule has 1 aromatic rings. The highest BCUT2D eigenvalue weighted by atomic mass is 35.5. The number of nitro benzene ring substituents is 1. The van der Waals surface area contributed by atoms with Crippen LogP contribution in [0.2, 0.25) is 5.02 Å². The molecule has 1 rings (SSSR count). The molecule has 0 saturated heterocycles. The molecule has 0 aromatic heterocycles. The maximum absolute atomic E-state index is 11.5. The molecule has 0 aliphatic rings. The molecule has 0 spiro atoms. The summed E-state index contributed by atoms with van der Waals surface area (Å²) in [4.78, 5) is 9.95. The zero-order chi connectivity index (χ0) is 15.0. The van der Waals surface area contributed by atoms with Gasteiger partial charge in [-0.15, -0.1) is 0 Å². The van der Waals surface area contributed by atoms with E-state index in [1.807, 2.05) is 0 Å². The zero-order valence-electron chi connectivity index (χ0n) is 9.77. The van der Waals surface area contributed by atoms with E-state index in [0.717, 1.165) is 18.2 Å². The van der Waals surface area contributed by atoms with Gasteiger partial charge in [0, 0.05) is 11.1 Å². The van der Waals surface area contributed by atoms with Crippen molar-refractivity contribution in [3.8, 4) is 0 Å². The summed E-state index contributed by atoms with van der Waals surface area (Å²) >= 11 is 5.57. The van der Waals surface area contributed by atoms with E-state index in [1.54, 1.807) is 0 Å². The Labute approximate surface area is 114 Å². The average molecular weight is 329 g/mol. The van der Waals surface area contributed by atoms with Crippen molar-refractivity contribution in [2.24, 2.45) is 0 Å². The molecule has 0 aliphatic carbocycles. The van der Waals surface area contributed by atoms with Gasteiger partial charge in [-0.25, -0.2) is 16.8 Å². The second-order valence-electron chi connectivity index (χ2n) is 3.61. The minimum atomic E-state index is -4.25. The van der Waals surface area contributed by atoms with Crippen LogP contribution in [-0.2, 0) is 20.0 Å². The first kappa shape index (κ1) is 15.7. The highest BCUT2D eigenvalue weighted by molar-refractivity contribution is 8.09. The van der Waals surface area contributed by atoms with E-state index >= 15 is 0 Å². The minimum Gasteiger partial charge on any atom is -0.258 e. The van der Waals surface area contributed by atoms with E-state index in [2.05, 4.69) is 0 Å². The average Bonchev–Trinajstić information content (AvgIpc) is 2.16. The molecule has 0 unspecified atom stereocenters. The second-order valence-corrected chi connectivity index (χ2v) is 7.94. The molecule has 0 atom stereocenters. The molecule has 0 fully saturated rings. The molecule has 0 radical (unpaired) electrons. The molecule has 8 nitrogen and oxygen atoms in total. The molecular weight excluding hydrogens is 320 g/mol. The molecule has 11 heteroatoms. The summed E-state index contributed by atoms with van der Waals surface area (Å²) in [5.41, 5.74) is -1.30. The lowest BCUT2D eigenvalue weighted by molar-refractivity contribution is -0.384. The lowest BCUT2D eigenvalue weighted by Crippen LogP contribution is -2.35. The van der Waals surface area contributed by atoms with Crippen LogP contribution in [0.1, 0.15) is 0 Å². The molecule has 106 valence electrons. The SMILES string of the molecule is CS(=O)(=O)N(c1ccc(Cl)cc1[N+](=O)[O-])S(C)(=O)=O. The van der Waals surface area contributed by atoms with Crippen molar-refractivity contribution in [2.45, 2.75) is 0 Å². The van der Waals surface area contributed by atoms with E-state index in [4.69, 9.17) is 11.6 Å². The molecule has 0 saturated carbocycles. The predicted molar refractivity (Wildman–Crippen MR) is 70.3 cm³/mol. The normalized spacial score (nSPS) is 12.2. The first-order valence-electron chi connectivity index (χ1n) is 4.59. The number of benzene rings is 1. The van der Waals surface area contributed by atoms with Crippen molar-refractivity contribution in [1.29, 1.82) is 0 Å². The number of hydrogen-bond acceptors (Lipinski definition) is 6. The Hall–Kier alpha value is -1.39. The Morgan fingerprint density at radius 3 is 2.00 bits per heavy atom. The fourth-order valence-electron chi connectivity index (χ4n) is 1.40. The van der Waals surface area contributed by atoms with Crippen molar-refractivity contribution in [1.82, 2.24) is 0 Å². The van der Waals surface area contributed by atoms with Crippen LogP contribution < -0.4 is 3.71 Å². The number of rotatable bonds is 4. The van der Waals surface area contributed by atoms with Crippen molar-refractivity contribution >= 4 is 43.0 Å². The number of nitrogens with zero attached hydrogens (tertiary/aromatic N) is 2. The maximum Gasteiger partial charge on any atom is 0.296 e. The molecule has 0 amide bonds. The lowest BCUT2D eigenvalue weighted by atomic mass is 10.3. The van der Waals surface area contributed by atoms with Gasteiger partial charge in [-0.1, -0.05) is 11.6 Å². The Morgan fingerprint density at radius 1 is 1.16 bits per heavy atom. The lowest BCUT2D eigenvalue weighted by Gasteiger charge is -2.19. The van der Waals surface area contributed by atoms with E-state index in [9.17, 15) is 26.9 Å². The van der Waals surface area contributed by atoms with Gasteiger partial charge in [-0.3, -0.25) is 10.1 Å². The van der Waals surface area contributed by atoms with Gasteiger partial charge in [0.2, 0.25) is 20.0 Å². The minimum absolute atomic E-state index is 0.00549. The standard InChI is InChI=1S/C8H9ClN2O6S2/c1-18(14,15)11(19(2,16)17)7-4-3-6(9)5-8(7)10(12)13/h3-5H,1-2H3. The van der Waals surface area contributed by atoms with Gasteiger partial charge in [0.05, 0.1) is 17.4 Å². The highest BCUT2D eigenvalue weighted by Gasteiger charge is 2.33. The fourth-order valence-corrected chi connectivity index (χ4v) is 4.56. The Balaban J connectivity index is 3.72. The van der Waals surface area contributed by atoms with E-state index in [0.29, 0.717) is 12.5 Å². The van der Waals surface area contributed by atoms with Gasteiger partial charge < -0.3 is 0 Å². The van der Waals surface area contributed by atoms with E-state index in [1.165, 1.54) is 0 Å². The summed E-state index contributed by atoms with van der Waals surface area (Å²) in [7, 11) is -8.49. The molecule has 19 heavy (non-hydrogen) atoms. The van der Waals surface area contributed by atoms with Gasteiger partial charge in [0.25, 0.3) is 5.69 Å². The molecular formula is C8H9ClN2O6S2. The third-order valence-corrected chi connectivity index (χ3v) is 5.39. The molecule has 0 N–H and O–H groups in total. The Bertz CT molecular complexity index is 696. The van der Waals surface area contributed by atoms with Gasteiger partial charge >= 0.3 is 0 Å². The number of halogens is 1. The summed E-state index contributed by atoms with van der Waals surface area (Å²) in [5.74, 6) is 0. The number of sulfonamides is 2. The Kier molecular flexibility index (Phi) is 4.08. The quantitative estimate of drug-likeness (QED) is 0.601. The van der Waals surface area contributed by atoms with Crippen LogP contribution in [-0.4, -0.2) is 34.3 Å². The number of anilines is 1. The van der Waals surface area contributed by atoms with Crippen LogP contribution >= 0.6 is 11.6 Å².